The molecule has 0 saturated heterocycles. The van der Waals surface area contributed by atoms with Crippen molar-refractivity contribution in [3.63, 3.8) is 0 Å². The average molecular weight is 395 g/mol. The zero-order valence-electron chi connectivity index (χ0n) is 16.1. The van der Waals surface area contributed by atoms with Crippen LogP contribution in [0.2, 0.25) is 0 Å². The van der Waals surface area contributed by atoms with Crippen LogP contribution in [-0.4, -0.2) is 24.6 Å². The van der Waals surface area contributed by atoms with E-state index in [-0.39, 0.29) is 17.0 Å². The fourth-order valence-corrected chi connectivity index (χ4v) is 8.93. The molecule has 0 N–H and O–H groups in total. The first kappa shape index (κ1) is 25.2. The molecule has 0 aromatic carbocycles. The average Bonchev–Trinajstić information content (AvgIpc) is 2.46. The molecular formula is C20H44BrP. The highest BCUT2D eigenvalue weighted by molar-refractivity contribution is 7.75. The van der Waals surface area contributed by atoms with E-state index in [1.807, 2.05) is 0 Å². The van der Waals surface area contributed by atoms with Gasteiger partial charge in [0.1, 0.15) is 0 Å². The van der Waals surface area contributed by atoms with Gasteiger partial charge in [-0.05, 0) is 32.1 Å². The van der Waals surface area contributed by atoms with Crippen molar-refractivity contribution in [3.05, 3.63) is 0 Å². The molecule has 0 radical (unpaired) electrons. The second-order valence-corrected chi connectivity index (χ2v) is 11.5. The number of unbranched alkanes of at least 4 members (excludes halogenated alkanes) is 8. The van der Waals surface area contributed by atoms with Gasteiger partial charge < -0.3 is 17.0 Å². The molecule has 0 rings (SSSR count). The molecule has 0 aliphatic heterocycles. The third-order valence-electron chi connectivity index (χ3n) is 4.83. The highest BCUT2D eigenvalue weighted by atomic mass is 79.9. The molecular weight excluding hydrogens is 351 g/mol. The van der Waals surface area contributed by atoms with Crippen molar-refractivity contribution in [1.82, 2.24) is 0 Å². The van der Waals surface area contributed by atoms with Gasteiger partial charge in [-0.15, -0.1) is 0 Å². The van der Waals surface area contributed by atoms with E-state index in [1.165, 1.54) is 77.0 Å². The van der Waals surface area contributed by atoms with Crippen molar-refractivity contribution in [2.45, 2.75) is 105 Å². The van der Waals surface area contributed by atoms with E-state index < -0.39 is 7.26 Å². The van der Waals surface area contributed by atoms with Crippen LogP contribution >= 0.6 is 7.26 Å². The fraction of sp³-hybridized carbons (Fsp3) is 1.00. The molecule has 0 amide bonds. The highest BCUT2D eigenvalue weighted by Gasteiger charge is 2.33. The Morgan fingerprint density at radius 3 is 1.14 bits per heavy atom. The third-order valence-corrected chi connectivity index (χ3v) is 10.3. The van der Waals surface area contributed by atoms with Crippen LogP contribution in [0, 0.1) is 0 Å². The van der Waals surface area contributed by atoms with Crippen LogP contribution in [0.3, 0.4) is 0 Å². The summed E-state index contributed by atoms with van der Waals surface area (Å²) in [6, 6.07) is 0. The van der Waals surface area contributed by atoms with Gasteiger partial charge in [-0.1, -0.05) is 72.6 Å². The Kier molecular flexibility index (Phi) is 20.9. The van der Waals surface area contributed by atoms with E-state index >= 15 is 0 Å². The first-order chi connectivity index (χ1) is 10.2. The lowest BCUT2D eigenvalue weighted by atomic mass is 10.1. The van der Waals surface area contributed by atoms with Crippen molar-refractivity contribution in [3.8, 4) is 0 Å². The molecule has 2 heteroatoms. The van der Waals surface area contributed by atoms with Crippen molar-refractivity contribution in [2.75, 3.05) is 24.6 Å². The maximum absolute atomic E-state index is 2.40. The minimum atomic E-state index is -0.567. The molecule has 0 aliphatic carbocycles. The largest absolute Gasteiger partial charge is 1.00 e. The highest BCUT2D eigenvalue weighted by Crippen LogP contribution is 2.60. The van der Waals surface area contributed by atoms with Crippen LogP contribution in [0.25, 0.3) is 0 Å². The molecule has 0 spiro atoms. The van der Waals surface area contributed by atoms with Crippen molar-refractivity contribution in [2.24, 2.45) is 0 Å². The summed E-state index contributed by atoms with van der Waals surface area (Å²) in [6.07, 6.45) is 23.9. The Balaban J connectivity index is 0. The van der Waals surface area contributed by atoms with Crippen LogP contribution < -0.4 is 17.0 Å². The van der Waals surface area contributed by atoms with Gasteiger partial charge in [0.2, 0.25) is 0 Å². The molecule has 0 aromatic rings. The van der Waals surface area contributed by atoms with Gasteiger partial charge in [0.15, 0.2) is 0 Å². The second-order valence-electron chi connectivity index (χ2n) is 7.06. The van der Waals surface area contributed by atoms with Gasteiger partial charge in [-0.2, -0.15) is 0 Å². The Morgan fingerprint density at radius 2 is 0.773 bits per heavy atom. The summed E-state index contributed by atoms with van der Waals surface area (Å²) in [5.74, 6) is 0. The van der Waals surface area contributed by atoms with Crippen LogP contribution in [-0.2, 0) is 0 Å². The van der Waals surface area contributed by atoms with Gasteiger partial charge in [-0.3, -0.25) is 0 Å². The molecule has 0 aliphatic rings. The summed E-state index contributed by atoms with van der Waals surface area (Å²) in [7, 11) is -0.567. The lowest BCUT2D eigenvalue weighted by Gasteiger charge is -2.27. The Bertz CT molecular complexity index is 189. The maximum atomic E-state index is 2.40. The molecule has 22 heavy (non-hydrogen) atoms. The van der Waals surface area contributed by atoms with Crippen LogP contribution in [0.5, 0.6) is 0 Å². The molecule has 0 nitrogen and oxygen atoms in total. The Labute approximate surface area is 153 Å². The predicted octanol–water partition coefficient (Wildman–Crippen LogP) is 4.77. The monoisotopic (exact) mass is 394 g/mol. The molecule has 0 saturated carbocycles. The molecule has 0 fully saturated rings. The molecule has 0 heterocycles. The quantitative estimate of drug-likeness (QED) is 0.261. The van der Waals surface area contributed by atoms with E-state index in [4.69, 9.17) is 0 Å². The first-order valence-electron chi connectivity index (χ1n) is 10.1. The second kappa shape index (κ2) is 18.3. The summed E-state index contributed by atoms with van der Waals surface area (Å²) >= 11 is 0. The van der Waals surface area contributed by atoms with E-state index in [2.05, 4.69) is 27.7 Å². The van der Waals surface area contributed by atoms with Gasteiger partial charge in [0, 0.05) is 7.26 Å². The number of hydrogen-bond acceptors (Lipinski definition) is 0. The summed E-state index contributed by atoms with van der Waals surface area (Å²) in [5, 5.41) is 0. The van der Waals surface area contributed by atoms with Crippen molar-refractivity contribution >= 4 is 7.26 Å². The van der Waals surface area contributed by atoms with E-state index in [1.54, 1.807) is 24.6 Å². The molecule has 0 atom stereocenters. The van der Waals surface area contributed by atoms with Gasteiger partial charge >= 0.3 is 0 Å². The third kappa shape index (κ3) is 13.4. The SMILES string of the molecule is CCCCCCCCCCC[P+](CCC)(CCC)CCC.[Br-]. The van der Waals surface area contributed by atoms with E-state index in [0.29, 0.717) is 0 Å². The van der Waals surface area contributed by atoms with E-state index in [9.17, 15) is 0 Å². The zero-order valence-corrected chi connectivity index (χ0v) is 18.6. The smallest absolute Gasteiger partial charge is 0.0594 e. The van der Waals surface area contributed by atoms with Gasteiger partial charge in [0.05, 0.1) is 24.6 Å². The standard InChI is InChI=1S/C20H44P.BrH/c1-5-9-10-11-12-13-14-15-16-20-21(17-6-2,18-7-3)19-8-4;/h5-20H2,1-4H3;1H/q+1;/p-1. The Morgan fingerprint density at radius 1 is 0.409 bits per heavy atom. The van der Waals surface area contributed by atoms with Gasteiger partial charge in [-0.25, -0.2) is 0 Å². The van der Waals surface area contributed by atoms with Gasteiger partial charge in [0.25, 0.3) is 0 Å². The number of hydrogen-bond donors (Lipinski definition) is 0. The normalized spacial score (nSPS) is 11.5. The lowest BCUT2D eigenvalue weighted by Crippen LogP contribution is -3.00. The fourth-order valence-electron chi connectivity index (χ4n) is 3.85. The first-order valence-corrected chi connectivity index (χ1v) is 12.6. The minimum Gasteiger partial charge on any atom is -1.00 e. The predicted molar refractivity (Wildman–Crippen MR) is 104 cm³/mol. The van der Waals surface area contributed by atoms with Crippen molar-refractivity contribution < 1.29 is 17.0 Å². The van der Waals surface area contributed by atoms with Crippen LogP contribution in [0.15, 0.2) is 0 Å². The van der Waals surface area contributed by atoms with Crippen LogP contribution in [0.4, 0.5) is 0 Å². The summed E-state index contributed by atoms with van der Waals surface area (Å²) in [4.78, 5) is 0. The number of rotatable bonds is 16. The van der Waals surface area contributed by atoms with E-state index in [0.717, 1.165) is 0 Å². The molecule has 0 unspecified atom stereocenters. The van der Waals surface area contributed by atoms with Crippen molar-refractivity contribution in [1.29, 1.82) is 0 Å². The topological polar surface area (TPSA) is 0 Å². The molecule has 136 valence electrons. The summed E-state index contributed by atoms with van der Waals surface area (Å²) in [5.41, 5.74) is 0. The Hall–Kier alpha value is 0.910. The summed E-state index contributed by atoms with van der Waals surface area (Å²) < 4.78 is 0. The number of halogens is 1. The van der Waals surface area contributed by atoms with Crippen LogP contribution in [0.1, 0.15) is 105 Å². The maximum Gasteiger partial charge on any atom is 0.0594 e. The minimum absolute atomic E-state index is 0. The molecule has 0 bridgehead atoms. The summed E-state index contributed by atoms with van der Waals surface area (Å²) in [6.45, 7) is 9.50. The molecule has 0 aromatic heterocycles. The lowest BCUT2D eigenvalue weighted by molar-refractivity contribution is -0.00000494. The zero-order chi connectivity index (χ0) is 15.8.